The quantitative estimate of drug-likeness (QED) is 0.551. The molecule has 9 heteroatoms. The molecule has 1 atom stereocenters. The summed E-state index contributed by atoms with van der Waals surface area (Å²) >= 11 is 0. The van der Waals surface area contributed by atoms with Crippen molar-refractivity contribution in [3.63, 3.8) is 0 Å². The van der Waals surface area contributed by atoms with E-state index in [-0.39, 0.29) is 18.0 Å². The number of nitrogens with zero attached hydrogens (tertiary/aromatic N) is 2. The van der Waals surface area contributed by atoms with E-state index in [9.17, 15) is 9.59 Å². The van der Waals surface area contributed by atoms with Gasteiger partial charge in [-0.1, -0.05) is 12.1 Å². The average molecular weight is 454 g/mol. The van der Waals surface area contributed by atoms with Crippen LogP contribution in [0.25, 0.3) is 0 Å². The van der Waals surface area contributed by atoms with Crippen LogP contribution in [-0.4, -0.2) is 75.5 Å². The SMILES string of the molecule is Nc1ccccc1NC(=O)c1ccc(N2CC[C@H](NC(=O)OCCN3CCOCC3)C2)cc1. The summed E-state index contributed by atoms with van der Waals surface area (Å²) in [7, 11) is 0. The van der Waals surface area contributed by atoms with Gasteiger partial charge in [0.15, 0.2) is 0 Å². The van der Waals surface area contributed by atoms with Crippen LogP contribution in [0.5, 0.6) is 0 Å². The Bertz CT molecular complexity index is 946. The fourth-order valence-electron chi connectivity index (χ4n) is 4.04. The van der Waals surface area contributed by atoms with Gasteiger partial charge in [-0.05, 0) is 42.8 Å². The minimum atomic E-state index is -0.373. The third-order valence-electron chi connectivity index (χ3n) is 5.96. The van der Waals surface area contributed by atoms with Crippen molar-refractivity contribution in [1.82, 2.24) is 10.2 Å². The Morgan fingerprint density at radius 3 is 2.58 bits per heavy atom. The zero-order valence-corrected chi connectivity index (χ0v) is 18.7. The molecule has 2 aromatic rings. The zero-order chi connectivity index (χ0) is 23.0. The standard InChI is InChI=1S/C24H31N5O4/c25-21-3-1-2-4-22(21)27-23(30)18-5-7-20(8-6-18)29-10-9-19(17-29)26-24(31)33-16-13-28-11-14-32-15-12-28/h1-8,19H,9-17,25H2,(H,26,31)(H,27,30)/t19-/m0/s1. The molecule has 2 fully saturated rings. The number of alkyl carbamates (subject to hydrolysis) is 1. The molecule has 0 radical (unpaired) electrons. The third kappa shape index (κ3) is 6.36. The monoisotopic (exact) mass is 453 g/mol. The molecular formula is C24H31N5O4. The van der Waals surface area contributed by atoms with Gasteiger partial charge in [0.1, 0.15) is 6.61 Å². The minimum Gasteiger partial charge on any atom is -0.448 e. The molecular weight excluding hydrogens is 422 g/mol. The highest BCUT2D eigenvalue weighted by atomic mass is 16.5. The fraction of sp³-hybridized carbons (Fsp3) is 0.417. The summed E-state index contributed by atoms with van der Waals surface area (Å²) in [5.74, 6) is -0.208. The Hall–Kier alpha value is -3.30. The number of nitrogens with one attached hydrogen (secondary N) is 2. The first-order valence-corrected chi connectivity index (χ1v) is 11.3. The predicted octanol–water partition coefficient (Wildman–Crippen LogP) is 2.16. The van der Waals surface area contributed by atoms with E-state index in [2.05, 4.69) is 20.4 Å². The first kappa shape index (κ1) is 22.9. The van der Waals surface area contributed by atoms with Gasteiger partial charge in [0.2, 0.25) is 0 Å². The smallest absolute Gasteiger partial charge is 0.407 e. The second-order valence-corrected chi connectivity index (χ2v) is 8.25. The number of para-hydroxylation sites is 2. The molecule has 2 saturated heterocycles. The van der Waals surface area contributed by atoms with Crippen LogP contribution in [-0.2, 0) is 9.47 Å². The molecule has 176 valence electrons. The van der Waals surface area contributed by atoms with Gasteiger partial charge in [-0.3, -0.25) is 9.69 Å². The van der Waals surface area contributed by atoms with Gasteiger partial charge in [-0.2, -0.15) is 0 Å². The molecule has 0 unspecified atom stereocenters. The van der Waals surface area contributed by atoms with E-state index in [1.54, 1.807) is 24.3 Å². The van der Waals surface area contributed by atoms with Crippen LogP contribution in [0.4, 0.5) is 21.9 Å². The number of benzene rings is 2. The number of morpholine rings is 1. The van der Waals surface area contributed by atoms with Gasteiger partial charge in [0.05, 0.1) is 30.6 Å². The molecule has 2 aliphatic heterocycles. The molecule has 9 nitrogen and oxygen atoms in total. The van der Waals surface area contributed by atoms with Crippen LogP contribution in [0.15, 0.2) is 48.5 Å². The maximum absolute atomic E-state index is 12.5. The lowest BCUT2D eigenvalue weighted by atomic mass is 10.1. The number of nitrogens with two attached hydrogens (primary N) is 1. The van der Waals surface area contributed by atoms with E-state index in [0.29, 0.717) is 30.1 Å². The van der Waals surface area contributed by atoms with Crippen LogP contribution < -0.4 is 21.3 Å². The van der Waals surface area contributed by atoms with Crippen molar-refractivity contribution in [3.8, 4) is 0 Å². The molecule has 0 saturated carbocycles. The van der Waals surface area contributed by atoms with Crippen molar-refractivity contribution in [1.29, 1.82) is 0 Å². The van der Waals surface area contributed by atoms with Crippen LogP contribution in [0.3, 0.4) is 0 Å². The van der Waals surface area contributed by atoms with Crippen molar-refractivity contribution in [2.45, 2.75) is 12.5 Å². The summed E-state index contributed by atoms with van der Waals surface area (Å²) in [5, 5.41) is 5.79. The lowest BCUT2D eigenvalue weighted by Gasteiger charge is -2.26. The summed E-state index contributed by atoms with van der Waals surface area (Å²) in [6.45, 7) is 5.85. The molecule has 4 rings (SSSR count). The van der Waals surface area contributed by atoms with E-state index < -0.39 is 0 Å². The number of ether oxygens (including phenoxy) is 2. The molecule has 0 bridgehead atoms. The molecule has 0 spiro atoms. The summed E-state index contributed by atoms with van der Waals surface area (Å²) in [4.78, 5) is 29.1. The van der Waals surface area contributed by atoms with Gasteiger partial charge in [-0.15, -0.1) is 0 Å². The van der Waals surface area contributed by atoms with E-state index in [1.165, 1.54) is 0 Å². The van der Waals surface area contributed by atoms with Crippen LogP contribution >= 0.6 is 0 Å². The van der Waals surface area contributed by atoms with Gasteiger partial charge in [0, 0.05) is 44.0 Å². The van der Waals surface area contributed by atoms with E-state index in [0.717, 1.165) is 51.5 Å². The number of carbonyl (C=O) groups is 2. The van der Waals surface area contributed by atoms with Gasteiger partial charge < -0.3 is 30.7 Å². The largest absolute Gasteiger partial charge is 0.448 e. The van der Waals surface area contributed by atoms with Crippen LogP contribution in [0.1, 0.15) is 16.8 Å². The van der Waals surface area contributed by atoms with E-state index in [4.69, 9.17) is 15.2 Å². The highest BCUT2D eigenvalue weighted by Crippen LogP contribution is 2.22. The first-order chi connectivity index (χ1) is 16.1. The van der Waals surface area contributed by atoms with Crippen molar-refractivity contribution in [2.75, 3.05) is 68.5 Å². The second-order valence-electron chi connectivity index (χ2n) is 8.25. The fourth-order valence-corrected chi connectivity index (χ4v) is 4.04. The number of hydrogen-bond acceptors (Lipinski definition) is 7. The summed E-state index contributed by atoms with van der Waals surface area (Å²) < 4.78 is 10.7. The molecule has 33 heavy (non-hydrogen) atoms. The Morgan fingerprint density at radius 2 is 1.82 bits per heavy atom. The lowest BCUT2D eigenvalue weighted by molar-refractivity contribution is 0.0279. The minimum absolute atomic E-state index is 0.0323. The average Bonchev–Trinajstić information content (AvgIpc) is 3.29. The first-order valence-electron chi connectivity index (χ1n) is 11.3. The summed E-state index contributed by atoms with van der Waals surface area (Å²) in [6, 6.07) is 14.6. The maximum Gasteiger partial charge on any atom is 0.407 e. The summed E-state index contributed by atoms with van der Waals surface area (Å²) in [5.41, 5.74) is 8.58. The Morgan fingerprint density at radius 1 is 1.06 bits per heavy atom. The topological polar surface area (TPSA) is 109 Å². The normalized spacial score (nSPS) is 18.7. The van der Waals surface area contributed by atoms with Crippen LogP contribution in [0.2, 0.25) is 0 Å². The molecule has 2 aliphatic rings. The van der Waals surface area contributed by atoms with Crippen molar-refractivity contribution >= 4 is 29.1 Å². The summed E-state index contributed by atoms with van der Waals surface area (Å²) in [6.07, 6.45) is 0.468. The highest BCUT2D eigenvalue weighted by molar-refractivity contribution is 6.05. The number of hydrogen-bond donors (Lipinski definition) is 3. The third-order valence-corrected chi connectivity index (χ3v) is 5.96. The number of amides is 2. The highest BCUT2D eigenvalue weighted by Gasteiger charge is 2.25. The van der Waals surface area contributed by atoms with Gasteiger partial charge in [-0.25, -0.2) is 4.79 Å². The molecule has 4 N–H and O–H groups in total. The molecule has 0 aliphatic carbocycles. The number of rotatable bonds is 7. The van der Waals surface area contributed by atoms with Crippen molar-refractivity contribution in [2.24, 2.45) is 0 Å². The van der Waals surface area contributed by atoms with Crippen LogP contribution in [0, 0.1) is 0 Å². The molecule has 2 aromatic carbocycles. The zero-order valence-electron chi connectivity index (χ0n) is 18.7. The molecule has 0 aromatic heterocycles. The second kappa shape index (κ2) is 11.0. The lowest BCUT2D eigenvalue weighted by Crippen LogP contribution is -2.41. The number of carbonyl (C=O) groups excluding carboxylic acids is 2. The van der Waals surface area contributed by atoms with E-state index >= 15 is 0 Å². The predicted molar refractivity (Wildman–Crippen MR) is 128 cm³/mol. The Labute approximate surface area is 193 Å². The molecule has 2 heterocycles. The van der Waals surface area contributed by atoms with E-state index in [1.807, 2.05) is 24.3 Å². The number of nitrogen functional groups attached to an aromatic ring is 1. The van der Waals surface area contributed by atoms with Gasteiger partial charge >= 0.3 is 6.09 Å². The Kier molecular flexibility index (Phi) is 7.64. The number of anilines is 3. The maximum atomic E-state index is 12.5. The van der Waals surface area contributed by atoms with Crippen molar-refractivity contribution < 1.29 is 19.1 Å². The van der Waals surface area contributed by atoms with Gasteiger partial charge in [0.25, 0.3) is 5.91 Å². The van der Waals surface area contributed by atoms with Crippen molar-refractivity contribution in [3.05, 3.63) is 54.1 Å². The molecule has 2 amide bonds. The Balaban J connectivity index is 1.21.